The number of thiazole rings is 1. The zero-order valence-corrected chi connectivity index (χ0v) is 18.4. The van der Waals surface area contributed by atoms with E-state index in [2.05, 4.69) is 4.98 Å². The normalized spacial score (nSPS) is 13.1. The molecule has 2 N–H and O–H groups in total. The van der Waals surface area contributed by atoms with Crippen LogP contribution in [0, 0.1) is 6.92 Å². The van der Waals surface area contributed by atoms with Gasteiger partial charge in [-0.25, -0.2) is 4.98 Å². The fourth-order valence-corrected chi connectivity index (χ4v) is 4.46. The van der Waals surface area contributed by atoms with Crippen molar-refractivity contribution in [3.05, 3.63) is 70.2 Å². The van der Waals surface area contributed by atoms with Crippen LogP contribution in [0.15, 0.2) is 48.5 Å². The van der Waals surface area contributed by atoms with Gasteiger partial charge in [-0.15, -0.1) is 11.3 Å². The zero-order chi connectivity index (χ0) is 22.0. The second kappa shape index (κ2) is 8.89. The van der Waals surface area contributed by atoms with Gasteiger partial charge in [-0.1, -0.05) is 12.1 Å². The molecule has 0 atom stereocenters. The van der Waals surface area contributed by atoms with Crippen LogP contribution in [-0.2, 0) is 6.54 Å². The molecule has 0 unspecified atom stereocenters. The highest BCUT2D eigenvalue weighted by Crippen LogP contribution is 2.34. The minimum Gasteiger partial charge on any atom is -0.494 e. The lowest BCUT2D eigenvalue weighted by Gasteiger charge is -2.22. The van der Waals surface area contributed by atoms with E-state index in [0.717, 1.165) is 40.4 Å². The van der Waals surface area contributed by atoms with Gasteiger partial charge in [-0.05, 0) is 68.7 Å². The van der Waals surface area contributed by atoms with Crippen LogP contribution in [0.5, 0.6) is 5.75 Å². The van der Waals surface area contributed by atoms with Gasteiger partial charge in [-0.3, -0.25) is 9.59 Å². The Morgan fingerprint density at radius 2 is 1.81 bits per heavy atom. The van der Waals surface area contributed by atoms with Gasteiger partial charge in [0.05, 0.1) is 12.3 Å². The van der Waals surface area contributed by atoms with Crippen LogP contribution in [0.4, 0.5) is 0 Å². The molecule has 1 aromatic heterocycles. The van der Waals surface area contributed by atoms with E-state index in [-0.39, 0.29) is 11.9 Å². The Morgan fingerprint density at radius 3 is 2.39 bits per heavy atom. The molecule has 0 saturated heterocycles. The van der Waals surface area contributed by atoms with E-state index < -0.39 is 5.91 Å². The van der Waals surface area contributed by atoms with Crippen LogP contribution >= 0.6 is 11.3 Å². The van der Waals surface area contributed by atoms with E-state index >= 15 is 0 Å². The summed E-state index contributed by atoms with van der Waals surface area (Å²) in [6.45, 7) is 4.96. The van der Waals surface area contributed by atoms with Crippen molar-refractivity contribution >= 4 is 23.2 Å². The first-order chi connectivity index (χ1) is 15.0. The summed E-state index contributed by atoms with van der Waals surface area (Å²) in [7, 11) is 0. The number of primary amides is 1. The number of hydrogen-bond acceptors (Lipinski definition) is 5. The lowest BCUT2D eigenvalue weighted by atomic mass is 10.1. The number of aryl methyl sites for hydroxylation is 1. The summed E-state index contributed by atoms with van der Waals surface area (Å²) in [4.78, 5) is 32.0. The topological polar surface area (TPSA) is 85.5 Å². The van der Waals surface area contributed by atoms with Crippen molar-refractivity contribution in [1.29, 1.82) is 0 Å². The number of nitrogens with zero attached hydrogens (tertiary/aromatic N) is 2. The molecule has 3 aromatic rings. The van der Waals surface area contributed by atoms with Crippen molar-refractivity contribution < 1.29 is 14.3 Å². The van der Waals surface area contributed by atoms with Gasteiger partial charge in [0.2, 0.25) is 5.91 Å². The summed E-state index contributed by atoms with van der Waals surface area (Å²) < 4.78 is 5.50. The highest BCUT2D eigenvalue weighted by Gasteiger charge is 2.34. The number of hydrogen-bond donors (Lipinski definition) is 1. The number of rotatable bonds is 8. The van der Waals surface area contributed by atoms with E-state index in [1.54, 1.807) is 12.1 Å². The van der Waals surface area contributed by atoms with E-state index in [0.29, 0.717) is 23.6 Å². The zero-order valence-electron chi connectivity index (χ0n) is 17.6. The SMILES string of the molecule is CCOc1ccc(-c2nc(C)c(C(=O)N(Cc3ccc(C(N)=O)cc3)C3CC3)s2)cc1. The summed E-state index contributed by atoms with van der Waals surface area (Å²) in [6.07, 6.45) is 2.02. The summed E-state index contributed by atoms with van der Waals surface area (Å²) in [5.74, 6) is 0.371. The molecule has 0 spiro atoms. The van der Waals surface area contributed by atoms with E-state index in [4.69, 9.17) is 10.5 Å². The molecule has 2 amide bonds. The molecule has 7 heteroatoms. The molecule has 1 saturated carbocycles. The lowest BCUT2D eigenvalue weighted by Crippen LogP contribution is -2.32. The molecule has 0 radical (unpaired) electrons. The molecule has 0 aliphatic heterocycles. The van der Waals surface area contributed by atoms with Crippen molar-refractivity contribution in [2.24, 2.45) is 5.73 Å². The van der Waals surface area contributed by atoms with E-state index in [9.17, 15) is 9.59 Å². The maximum absolute atomic E-state index is 13.4. The molecule has 1 aliphatic rings. The Bertz CT molecular complexity index is 1090. The van der Waals surface area contributed by atoms with E-state index in [1.165, 1.54) is 11.3 Å². The predicted octanol–water partition coefficient (Wildman–Crippen LogP) is 4.42. The largest absolute Gasteiger partial charge is 0.494 e. The number of benzene rings is 2. The number of nitrogens with two attached hydrogens (primary N) is 1. The van der Waals surface area contributed by atoms with Crippen molar-refractivity contribution in [1.82, 2.24) is 9.88 Å². The maximum atomic E-state index is 13.4. The third-order valence-corrected chi connectivity index (χ3v) is 6.44. The standard InChI is InChI=1S/C24H25N3O3S/c1-3-30-20-12-8-18(9-13-20)23-26-15(2)21(31-23)24(29)27(19-10-11-19)14-16-4-6-17(7-5-16)22(25)28/h4-9,12-13,19H,3,10-11,14H2,1-2H3,(H2,25,28). The van der Waals surface area contributed by atoms with Gasteiger partial charge < -0.3 is 15.4 Å². The third-order valence-electron chi connectivity index (χ3n) is 5.24. The first-order valence-corrected chi connectivity index (χ1v) is 11.2. The Hall–Kier alpha value is -3.19. The second-order valence-corrected chi connectivity index (χ2v) is 8.62. The van der Waals surface area contributed by atoms with Crippen LogP contribution < -0.4 is 10.5 Å². The highest BCUT2D eigenvalue weighted by atomic mass is 32.1. The van der Waals surface area contributed by atoms with Crippen LogP contribution in [0.25, 0.3) is 10.6 Å². The smallest absolute Gasteiger partial charge is 0.266 e. The predicted molar refractivity (Wildman–Crippen MR) is 121 cm³/mol. The molecule has 1 fully saturated rings. The maximum Gasteiger partial charge on any atom is 0.266 e. The molecule has 1 heterocycles. The number of carbonyl (C=O) groups excluding carboxylic acids is 2. The first kappa shape index (κ1) is 21.1. The van der Waals surface area contributed by atoms with Crippen LogP contribution in [0.2, 0.25) is 0 Å². The van der Waals surface area contributed by atoms with Crippen molar-refractivity contribution in [2.75, 3.05) is 6.61 Å². The highest BCUT2D eigenvalue weighted by molar-refractivity contribution is 7.17. The average Bonchev–Trinajstić information content (AvgIpc) is 3.54. The van der Waals surface area contributed by atoms with Crippen LogP contribution in [0.1, 0.15) is 51.1 Å². The average molecular weight is 436 g/mol. The fraction of sp³-hybridized carbons (Fsp3) is 0.292. The number of carbonyl (C=O) groups is 2. The minimum atomic E-state index is -0.455. The monoisotopic (exact) mass is 435 g/mol. The molecule has 31 heavy (non-hydrogen) atoms. The van der Waals surface area contributed by atoms with Crippen molar-refractivity contribution in [3.8, 4) is 16.3 Å². The fourth-order valence-electron chi connectivity index (χ4n) is 3.43. The second-order valence-electron chi connectivity index (χ2n) is 7.62. The number of aromatic nitrogens is 1. The van der Waals surface area contributed by atoms with Crippen molar-refractivity contribution in [3.63, 3.8) is 0 Å². The molecule has 0 bridgehead atoms. The first-order valence-electron chi connectivity index (χ1n) is 10.4. The summed E-state index contributed by atoms with van der Waals surface area (Å²) in [6, 6.07) is 15.1. The molecule has 4 rings (SSSR count). The van der Waals surface area contributed by atoms with Gasteiger partial charge >= 0.3 is 0 Å². The van der Waals surface area contributed by atoms with Gasteiger partial charge in [0.1, 0.15) is 15.6 Å². The Labute approximate surface area is 185 Å². The van der Waals surface area contributed by atoms with Crippen LogP contribution in [-0.4, -0.2) is 34.3 Å². The molecule has 1 aliphatic carbocycles. The third kappa shape index (κ3) is 4.77. The molecule has 160 valence electrons. The lowest BCUT2D eigenvalue weighted by molar-refractivity contribution is 0.0733. The number of amides is 2. The molecule has 2 aromatic carbocycles. The van der Waals surface area contributed by atoms with Gasteiger partial charge in [-0.2, -0.15) is 0 Å². The quantitative estimate of drug-likeness (QED) is 0.567. The molecule has 6 nitrogen and oxygen atoms in total. The Balaban J connectivity index is 1.54. The summed E-state index contributed by atoms with van der Waals surface area (Å²) in [5, 5.41) is 0.824. The Kier molecular flexibility index (Phi) is 6.04. The van der Waals surface area contributed by atoms with E-state index in [1.807, 2.05) is 55.1 Å². The Morgan fingerprint density at radius 1 is 1.13 bits per heavy atom. The summed E-state index contributed by atoms with van der Waals surface area (Å²) >= 11 is 1.43. The number of ether oxygens (including phenoxy) is 1. The summed E-state index contributed by atoms with van der Waals surface area (Å²) in [5.41, 5.74) is 8.47. The van der Waals surface area contributed by atoms with Gasteiger partial charge in [0.15, 0.2) is 0 Å². The minimum absolute atomic E-state index is 0.00802. The van der Waals surface area contributed by atoms with Gasteiger partial charge in [0, 0.05) is 23.7 Å². The molecular weight excluding hydrogens is 410 g/mol. The van der Waals surface area contributed by atoms with Crippen molar-refractivity contribution in [2.45, 2.75) is 39.3 Å². The molecular formula is C24H25N3O3S. The van der Waals surface area contributed by atoms with Gasteiger partial charge in [0.25, 0.3) is 5.91 Å². The van der Waals surface area contributed by atoms with Crippen LogP contribution in [0.3, 0.4) is 0 Å².